The zero-order valence-corrected chi connectivity index (χ0v) is 8.63. The minimum atomic E-state index is -4.97. The number of alkyl halides is 3. The molecule has 0 aliphatic carbocycles. The van der Waals surface area contributed by atoms with Crippen molar-refractivity contribution in [2.75, 3.05) is 13.1 Å². The molecule has 0 spiro atoms. The molecule has 0 aromatic heterocycles. The van der Waals surface area contributed by atoms with E-state index in [1.807, 2.05) is 0 Å². The maximum absolute atomic E-state index is 11.7. The molecule has 0 radical (unpaired) electrons. The van der Waals surface area contributed by atoms with Gasteiger partial charge < -0.3 is 15.7 Å². The predicted octanol–water partition coefficient (Wildman–Crippen LogP) is -0.354. The zero-order valence-electron chi connectivity index (χ0n) is 8.63. The van der Waals surface area contributed by atoms with Crippen LogP contribution in [0.1, 0.15) is 12.8 Å². The van der Waals surface area contributed by atoms with Crippen LogP contribution in [0.25, 0.3) is 0 Å². The van der Waals surface area contributed by atoms with Crippen LogP contribution in [0.15, 0.2) is 0 Å². The van der Waals surface area contributed by atoms with Crippen molar-refractivity contribution < 1.29 is 32.7 Å². The molecule has 0 fully saturated rings. The Morgan fingerprint density at radius 3 is 2.00 bits per heavy atom. The summed E-state index contributed by atoms with van der Waals surface area (Å²) in [5.41, 5.74) is 0. The average Bonchev–Trinajstić information content (AvgIpc) is 2.15. The van der Waals surface area contributed by atoms with Gasteiger partial charge in [-0.15, -0.1) is 0 Å². The first-order valence-corrected chi connectivity index (χ1v) is 4.57. The summed E-state index contributed by atoms with van der Waals surface area (Å²) >= 11 is 0. The van der Waals surface area contributed by atoms with Gasteiger partial charge in [0.1, 0.15) is 0 Å². The topological polar surface area (TPSA) is 95.5 Å². The normalized spacial score (nSPS) is 10.8. The first-order chi connectivity index (χ1) is 7.73. The molecule has 6 nitrogen and oxygen atoms in total. The Hall–Kier alpha value is -1.80. The number of nitrogens with one attached hydrogen (secondary N) is 2. The summed E-state index contributed by atoms with van der Waals surface area (Å²) in [5.74, 6) is -3.85. The lowest BCUT2D eigenvalue weighted by molar-refractivity contribution is -0.173. The van der Waals surface area contributed by atoms with E-state index in [0.717, 1.165) is 0 Å². The number of amides is 2. The van der Waals surface area contributed by atoms with Crippen molar-refractivity contribution in [1.29, 1.82) is 0 Å². The van der Waals surface area contributed by atoms with Gasteiger partial charge in [0.2, 0.25) is 5.91 Å². The molecule has 0 saturated carbocycles. The summed E-state index contributed by atoms with van der Waals surface area (Å²) in [6, 6.07) is 0. The Kier molecular flexibility index (Phi) is 6.00. The third kappa shape index (κ3) is 8.05. The summed E-state index contributed by atoms with van der Waals surface area (Å²) in [5, 5.41) is 11.9. The van der Waals surface area contributed by atoms with Gasteiger partial charge in [-0.25, -0.2) is 0 Å². The van der Waals surface area contributed by atoms with Crippen LogP contribution in [-0.4, -0.2) is 42.2 Å². The van der Waals surface area contributed by atoms with E-state index in [-0.39, 0.29) is 19.4 Å². The fourth-order valence-corrected chi connectivity index (χ4v) is 0.787. The molecule has 0 saturated heterocycles. The largest absolute Gasteiger partial charge is 0.481 e. The number of carbonyl (C=O) groups excluding carboxylic acids is 2. The van der Waals surface area contributed by atoms with Crippen molar-refractivity contribution in [3.05, 3.63) is 0 Å². The zero-order chi connectivity index (χ0) is 13.5. The third-order valence-electron chi connectivity index (χ3n) is 1.56. The second-order valence-corrected chi connectivity index (χ2v) is 3.00. The van der Waals surface area contributed by atoms with Gasteiger partial charge in [0.05, 0.1) is 6.42 Å². The summed E-state index contributed by atoms with van der Waals surface area (Å²) in [6.45, 7) is -0.571. The molecule has 0 aromatic rings. The van der Waals surface area contributed by atoms with Gasteiger partial charge in [0.25, 0.3) is 0 Å². The lowest BCUT2D eigenvalue weighted by Gasteiger charge is -2.07. The molecule has 0 heterocycles. The molecule has 0 atom stereocenters. The summed E-state index contributed by atoms with van der Waals surface area (Å²) in [4.78, 5) is 31.3. The van der Waals surface area contributed by atoms with Gasteiger partial charge in [-0.1, -0.05) is 0 Å². The first-order valence-electron chi connectivity index (χ1n) is 4.57. The Balaban J connectivity index is 3.65. The van der Waals surface area contributed by atoms with Gasteiger partial charge in [0, 0.05) is 19.5 Å². The minimum absolute atomic E-state index is 0.110. The number of aliphatic carboxylic acids is 1. The van der Waals surface area contributed by atoms with Crippen LogP contribution in [0.5, 0.6) is 0 Å². The van der Waals surface area contributed by atoms with Gasteiger partial charge in [0.15, 0.2) is 0 Å². The van der Waals surface area contributed by atoms with E-state index in [9.17, 15) is 27.6 Å². The predicted molar refractivity (Wildman–Crippen MR) is 48.9 cm³/mol. The van der Waals surface area contributed by atoms with Crippen molar-refractivity contribution in [3.8, 4) is 0 Å². The fourth-order valence-electron chi connectivity index (χ4n) is 0.787. The van der Waals surface area contributed by atoms with Crippen molar-refractivity contribution in [1.82, 2.24) is 10.6 Å². The summed E-state index contributed by atoms with van der Waals surface area (Å²) in [7, 11) is 0. The number of rotatable bonds is 6. The van der Waals surface area contributed by atoms with E-state index in [1.165, 1.54) is 5.32 Å². The molecular weight excluding hydrogens is 245 g/mol. The second-order valence-electron chi connectivity index (χ2n) is 3.00. The van der Waals surface area contributed by atoms with Gasteiger partial charge >= 0.3 is 18.1 Å². The molecule has 0 aliphatic heterocycles. The summed E-state index contributed by atoms with van der Waals surface area (Å²) in [6.07, 6.45) is -5.60. The highest BCUT2D eigenvalue weighted by Crippen LogP contribution is 2.13. The Bertz CT molecular complexity index is 304. The lowest BCUT2D eigenvalue weighted by atomic mass is 10.3. The molecule has 0 unspecified atom stereocenters. The van der Waals surface area contributed by atoms with E-state index >= 15 is 0 Å². The molecule has 98 valence electrons. The lowest BCUT2D eigenvalue weighted by Crippen LogP contribution is -2.39. The van der Waals surface area contributed by atoms with Crippen molar-refractivity contribution in [3.63, 3.8) is 0 Å². The third-order valence-corrected chi connectivity index (χ3v) is 1.56. The highest BCUT2D eigenvalue weighted by molar-refractivity contribution is 5.82. The number of hydrogen-bond acceptors (Lipinski definition) is 3. The maximum Gasteiger partial charge on any atom is 0.471 e. The van der Waals surface area contributed by atoms with E-state index in [4.69, 9.17) is 5.11 Å². The molecule has 3 N–H and O–H groups in total. The molecule has 17 heavy (non-hydrogen) atoms. The number of carboxylic acid groups (broad SMARTS) is 1. The highest BCUT2D eigenvalue weighted by Gasteiger charge is 2.38. The number of halogens is 3. The van der Waals surface area contributed by atoms with Crippen LogP contribution in [-0.2, 0) is 14.4 Å². The molecule has 0 bridgehead atoms. The Labute approximate surface area is 94.2 Å². The van der Waals surface area contributed by atoms with E-state index < -0.39 is 30.5 Å². The second kappa shape index (κ2) is 6.71. The SMILES string of the molecule is O=C(O)CCNC(=O)CCNC(=O)C(F)(F)F. The number of carboxylic acids is 1. The average molecular weight is 256 g/mol. The Morgan fingerprint density at radius 1 is 1.00 bits per heavy atom. The number of hydrogen-bond donors (Lipinski definition) is 3. The van der Waals surface area contributed by atoms with Crippen LogP contribution in [0, 0.1) is 0 Å². The van der Waals surface area contributed by atoms with Crippen molar-refractivity contribution in [2.24, 2.45) is 0 Å². The standard InChI is InChI=1S/C8H11F3N2O4/c9-8(10,11)7(17)13-3-1-5(14)12-4-2-6(15)16/h1-4H2,(H,12,14)(H,13,17)(H,15,16). The van der Waals surface area contributed by atoms with Gasteiger partial charge in [-0.3, -0.25) is 14.4 Å². The molecular formula is C8H11F3N2O4. The van der Waals surface area contributed by atoms with Gasteiger partial charge in [-0.2, -0.15) is 13.2 Å². The van der Waals surface area contributed by atoms with Crippen LogP contribution >= 0.6 is 0 Å². The monoisotopic (exact) mass is 256 g/mol. The molecule has 0 aromatic carbocycles. The van der Waals surface area contributed by atoms with E-state index in [0.29, 0.717) is 0 Å². The molecule has 0 rings (SSSR count). The van der Waals surface area contributed by atoms with Crippen molar-refractivity contribution >= 4 is 17.8 Å². The molecule has 9 heteroatoms. The van der Waals surface area contributed by atoms with Crippen molar-refractivity contribution in [2.45, 2.75) is 19.0 Å². The quantitative estimate of drug-likeness (QED) is 0.605. The number of carbonyl (C=O) groups is 3. The van der Waals surface area contributed by atoms with E-state index in [1.54, 1.807) is 0 Å². The van der Waals surface area contributed by atoms with Crippen LogP contribution in [0.4, 0.5) is 13.2 Å². The summed E-state index contributed by atoms with van der Waals surface area (Å²) < 4.78 is 35.1. The fraction of sp³-hybridized carbons (Fsp3) is 0.625. The molecule has 2 amide bonds. The smallest absolute Gasteiger partial charge is 0.471 e. The van der Waals surface area contributed by atoms with Crippen LogP contribution < -0.4 is 10.6 Å². The maximum atomic E-state index is 11.7. The van der Waals surface area contributed by atoms with Crippen LogP contribution in [0.2, 0.25) is 0 Å². The van der Waals surface area contributed by atoms with Gasteiger partial charge in [-0.05, 0) is 0 Å². The Morgan fingerprint density at radius 2 is 1.53 bits per heavy atom. The minimum Gasteiger partial charge on any atom is -0.481 e. The van der Waals surface area contributed by atoms with E-state index in [2.05, 4.69) is 5.32 Å². The molecule has 0 aliphatic rings. The first kappa shape index (κ1) is 15.2. The highest BCUT2D eigenvalue weighted by atomic mass is 19.4. The van der Waals surface area contributed by atoms with Crippen LogP contribution in [0.3, 0.4) is 0 Å².